The lowest BCUT2D eigenvalue weighted by Gasteiger charge is -2.35. The molecule has 1 aliphatic heterocycles. The molecule has 0 bridgehead atoms. The lowest BCUT2D eigenvalue weighted by Crippen LogP contribution is -2.48. The Labute approximate surface area is 146 Å². The zero-order valence-corrected chi connectivity index (χ0v) is 14.2. The zero-order chi connectivity index (χ0) is 16.9. The van der Waals surface area contributed by atoms with E-state index in [0.717, 1.165) is 24.7 Å². The fourth-order valence-electron chi connectivity index (χ4n) is 2.97. The summed E-state index contributed by atoms with van der Waals surface area (Å²) in [5.74, 6) is -0.326. The first-order valence-corrected chi connectivity index (χ1v) is 8.47. The van der Waals surface area contributed by atoms with E-state index < -0.39 is 0 Å². The van der Waals surface area contributed by atoms with Crippen LogP contribution in [0.5, 0.6) is 0 Å². The average Bonchev–Trinajstić information content (AvgIpc) is 2.57. The molecule has 5 heteroatoms. The average molecular weight is 347 g/mol. The monoisotopic (exact) mass is 346 g/mol. The van der Waals surface area contributed by atoms with Gasteiger partial charge in [-0.25, -0.2) is 4.39 Å². The minimum absolute atomic E-state index is 0.0116. The normalized spacial score (nSPS) is 15.5. The SMILES string of the molecule is O=C(Cc1ccccc1F)N1CCN(Cc2cccc(Cl)c2)CC1. The highest BCUT2D eigenvalue weighted by Gasteiger charge is 2.21. The second-order valence-corrected chi connectivity index (χ2v) is 6.49. The zero-order valence-electron chi connectivity index (χ0n) is 13.4. The van der Waals surface area contributed by atoms with Crippen LogP contribution in [0, 0.1) is 5.82 Å². The van der Waals surface area contributed by atoms with E-state index in [1.807, 2.05) is 23.1 Å². The first-order valence-electron chi connectivity index (χ1n) is 8.10. The molecule has 0 saturated carbocycles. The Kier molecular flexibility index (Phi) is 5.48. The number of hydrogen-bond donors (Lipinski definition) is 0. The Balaban J connectivity index is 1.51. The van der Waals surface area contributed by atoms with Gasteiger partial charge in [0.25, 0.3) is 0 Å². The van der Waals surface area contributed by atoms with Crippen molar-refractivity contribution in [2.24, 2.45) is 0 Å². The van der Waals surface area contributed by atoms with E-state index in [1.165, 1.54) is 11.6 Å². The Bertz CT molecular complexity index is 714. The van der Waals surface area contributed by atoms with Crippen molar-refractivity contribution >= 4 is 17.5 Å². The topological polar surface area (TPSA) is 23.6 Å². The van der Waals surface area contributed by atoms with Gasteiger partial charge in [0.05, 0.1) is 6.42 Å². The van der Waals surface area contributed by atoms with Gasteiger partial charge in [0.2, 0.25) is 5.91 Å². The molecule has 0 aromatic heterocycles. The van der Waals surface area contributed by atoms with E-state index in [4.69, 9.17) is 11.6 Å². The quantitative estimate of drug-likeness (QED) is 0.847. The van der Waals surface area contributed by atoms with Crippen molar-refractivity contribution in [3.8, 4) is 0 Å². The summed E-state index contributed by atoms with van der Waals surface area (Å²) in [6.07, 6.45) is 0.126. The van der Waals surface area contributed by atoms with E-state index in [-0.39, 0.29) is 18.1 Å². The summed E-state index contributed by atoms with van der Waals surface area (Å²) in [6.45, 7) is 3.81. The van der Waals surface area contributed by atoms with Crippen LogP contribution in [-0.4, -0.2) is 41.9 Å². The van der Waals surface area contributed by atoms with Crippen molar-refractivity contribution in [1.29, 1.82) is 0 Å². The van der Waals surface area contributed by atoms with Crippen molar-refractivity contribution in [3.63, 3.8) is 0 Å². The first kappa shape index (κ1) is 16.9. The van der Waals surface area contributed by atoms with Crippen LogP contribution in [0.3, 0.4) is 0 Å². The molecule has 2 aromatic carbocycles. The lowest BCUT2D eigenvalue weighted by atomic mass is 10.1. The molecule has 1 fully saturated rings. The summed E-state index contributed by atoms with van der Waals surface area (Å²) < 4.78 is 13.7. The maximum absolute atomic E-state index is 13.7. The lowest BCUT2D eigenvalue weighted by molar-refractivity contribution is -0.132. The summed E-state index contributed by atoms with van der Waals surface area (Å²) in [5, 5.41) is 0.742. The van der Waals surface area contributed by atoms with Crippen molar-refractivity contribution in [1.82, 2.24) is 9.80 Å². The highest BCUT2D eigenvalue weighted by molar-refractivity contribution is 6.30. The third-order valence-corrected chi connectivity index (χ3v) is 4.55. The Morgan fingerprint density at radius 3 is 2.50 bits per heavy atom. The molecule has 3 nitrogen and oxygen atoms in total. The van der Waals surface area contributed by atoms with E-state index >= 15 is 0 Å². The minimum Gasteiger partial charge on any atom is -0.340 e. The Hall–Kier alpha value is -1.91. The molecule has 0 unspecified atom stereocenters. The number of carbonyl (C=O) groups is 1. The van der Waals surface area contributed by atoms with Gasteiger partial charge in [0.15, 0.2) is 0 Å². The molecule has 0 N–H and O–H groups in total. The van der Waals surface area contributed by atoms with Gasteiger partial charge in [0.1, 0.15) is 5.82 Å². The van der Waals surface area contributed by atoms with Crippen molar-refractivity contribution < 1.29 is 9.18 Å². The van der Waals surface area contributed by atoms with E-state index in [9.17, 15) is 9.18 Å². The third-order valence-electron chi connectivity index (χ3n) is 4.32. The molecule has 24 heavy (non-hydrogen) atoms. The molecule has 126 valence electrons. The summed E-state index contributed by atoms with van der Waals surface area (Å²) in [6, 6.07) is 14.3. The van der Waals surface area contributed by atoms with Gasteiger partial charge in [-0.2, -0.15) is 0 Å². The van der Waals surface area contributed by atoms with Crippen molar-refractivity contribution in [2.45, 2.75) is 13.0 Å². The number of piperazine rings is 1. The number of rotatable bonds is 4. The molecule has 0 radical (unpaired) electrons. The van der Waals surface area contributed by atoms with Crippen LogP contribution in [0.4, 0.5) is 4.39 Å². The van der Waals surface area contributed by atoms with Crippen LogP contribution in [-0.2, 0) is 17.8 Å². The highest BCUT2D eigenvalue weighted by atomic mass is 35.5. The second-order valence-electron chi connectivity index (χ2n) is 6.06. The van der Waals surface area contributed by atoms with E-state index in [2.05, 4.69) is 11.0 Å². The number of carbonyl (C=O) groups excluding carboxylic acids is 1. The molecule has 1 amide bonds. The van der Waals surface area contributed by atoms with Crippen molar-refractivity contribution in [2.75, 3.05) is 26.2 Å². The van der Waals surface area contributed by atoms with Gasteiger partial charge in [-0.05, 0) is 29.3 Å². The Morgan fingerprint density at radius 2 is 1.79 bits per heavy atom. The fraction of sp³-hybridized carbons (Fsp3) is 0.316. The highest BCUT2D eigenvalue weighted by Crippen LogP contribution is 2.15. The van der Waals surface area contributed by atoms with E-state index in [0.29, 0.717) is 18.7 Å². The van der Waals surface area contributed by atoms with Gasteiger partial charge >= 0.3 is 0 Å². The molecule has 0 atom stereocenters. The second kappa shape index (κ2) is 7.77. The molecule has 1 heterocycles. The fourth-order valence-corrected chi connectivity index (χ4v) is 3.18. The van der Waals surface area contributed by atoms with Crippen LogP contribution in [0.1, 0.15) is 11.1 Å². The largest absolute Gasteiger partial charge is 0.340 e. The first-order chi connectivity index (χ1) is 11.6. The predicted molar refractivity (Wildman–Crippen MR) is 93.4 cm³/mol. The summed E-state index contributed by atoms with van der Waals surface area (Å²) in [5.41, 5.74) is 1.64. The molecule has 1 aliphatic rings. The van der Waals surface area contributed by atoms with Crippen LogP contribution >= 0.6 is 11.6 Å². The van der Waals surface area contributed by atoms with Gasteiger partial charge in [-0.1, -0.05) is 41.9 Å². The third kappa shape index (κ3) is 4.34. The van der Waals surface area contributed by atoms with Gasteiger partial charge in [0, 0.05) is 37.7 Å². The number of halogens is 2. The molecule has 0 spiro atoms. The van der Waals surface area contributed by atoms with Gasteiger partial charge in [-0.3, -0.25) is 9.69 Å². The van der Waals surface area contributed by atoms with Gasteiger partial charge in [-0.15, -0.1) is 0 Å². The van der Waals surface area contributed by atoms with Gasteiger partial charge < -0.3 is 4.90 Å². The van der Waals surface area contributed by atoms with Crippen LogP contribution in [0.2, 0.25) is 5.02 Å². The molecule has 2 aromatic rings. The smallest absolute Gasteiger partial charge is 0.227 e. The summed E-state index contributed by atoms with van der Waals surface area (Å²) in [4.78, 5) is 16.5. The number of benzene rings is 2. The van der Waals surface area contributed by atoms with Crippen LogP contribution in [0.15, 0.2) is 48.5 Å². The molecule has 3 rings (SSSR count). The molecule has 0 aliphatic carbocycles. The minimum atomic E-state index is -0.314. The number of hydrogen-bond acceptors (Lipinski definition) is 2. The maximum atomic E-state index is 13.7. The van der Waals surface area contributed by atoms with Crippen molar-refractivity contribution in [3.05, 3.63) is 70.5 Å². The summed E-state index contributed by atoms with van der Waals surface area (Å²) >= 11 is 6.02. The van der Waals surface area contributed by atoms with E-state index in [1.54, 1.807) is 18.2 Å². The number of nitrogens with zero attached hydrogens (tertiary/aromatic N) is 2. The Morgan fingerprint density at radius 1 is 1.04 bits per heavy atom. The van der Waals surface area contributed by atoms with Crippen LogP contribution < -0.4 is 0 Å². The van der Waals surface area contributed by atoms with Crippen LogP contribution in [0.25, 0.3) is 0 Å². The molecular weight excluding hydrogens is 327 g/mol. The molecular formula is C19H20ClFN2O. The maximum Gasteiger partial charge on any atom is 0.227 e. The number of amides is 1. The predicted octanol–water partition coefficient (Wildman–Crippen LogP) is 3.37. The standard InChI is InChI=1S/C19H20ClFN2O/c20-17-6-3-4-15(12-17)14-22-8-10-23(11-9-22)19(24)13-16-5-1-2-7-18(16)21/h1-7,12H,8-11,13-14H2. The summed E-state index contributed by atoms with van der Waals surface area (Å²) in [7, 11) is 0. The molecule has 1 saturated heterocycles.